The summed E-state index contributed by atoms with van der Waals surface area (Å²) >= 11 is 0. The van der Waals surface area contributed by atoms with Crippen LogP contribution < -0.4 is 0 Å². The number of nitrogens with zero attached hydrogens (tertiary/aromatic N) is 1. The van der Waals surface area contributed by atoms with E-state index in [0.29, 0.717) is 11.1 Å². The first-order valence-corrected chi connectivity index (χ1v) is 5.92. The molecule has 1 aliphatic heterocycles. The predicted molar refractivity (Wildman–Crippen MR) is 64.3 cm³/mol. The molecule has 0 unspecified atom stereocenters. The van der Waals surface area contributed by atoms with Crippen molar-refractivity contribution < 1.29 is 21.7 Å². The van der Waals surface area contributed by atoms with Gasteiger partial charge in [-0.15, -0.1) is 0 Å². The van der Waals surface area contributed by atoms with Gasteiger partial charge in [0.2, 0.25) is 0 Å². The van der Waals surface area contributed by atoms with Gasteiger partial charge in [-0.1, -0.05) is 0 Å². The third kappa shape index (κ3) is 4.49. The van der Waals surface area contributed by atoms with Gasteiger partial charge in [0.1, 0.15) is 0 Å². The van der Waals surface area contributed by atoms with Gasteiger partial charge in [0.05, 0.1) is 25.2 Å². The van der Waals surface area contributed by atoms with Crippen molar-refractivity contribution in [1.29, 1.82) is 0 Å². The summed E-state index contributed by atoms with van der Waals surface area (Å²) in [6.07, 6.45) is 4.12. The first-order valence-electron chi connectivity index (χ1n) is 5.92. The molecule has 0 amide bonds. The van der Waals surface area contributed by atoms with E-state index in [1.165, 1.54) is 19.3 Å². The molecule has 17 heavy (non-hydrogen) atoms. The molecule has 0 saturated carbocycles. The van der Waals surface area contributed by atoms with E-state index in [4.69, 9.17) is 0 Å². The lowest BCUT2D eigenvalue weighted by atomic mass is 9.78. The number of rotatable bonds is 0. The minimum atomic E-state index is -6.00. The molecule has 1 heterocycles. The second-order valence-corrected chi connectivity index (χ2v) is 6.43. The molecule has 0 aromatic rings. The Balaban J connectivity index is 0.000000437. The highest BCUT2D eigenvalue weighted by atomic mass is 19.5. The van der Waals surface area contributed by atoms with E-state index < -0.39 is 7.25 Å². The topological polar surface area (TPSA) is 0 Å². The fourth-order valence-electron chi connectivity index (χ4n) is 2.33. The van der Waals surface area contributed by atoms with E-state index in [1.54, 1.807) is 0 Å². The van der Waals surface area contributed by atoms with Gasteiger partial charge >= 0.3 is 7.25 Å². The van der Waals surface area contributed by atoms with Gasteiger partial charge in [-0.3, -0.25) is 0 Å². The zero-order chi connectivity index (χ0) is 14.1. The molecule has 6 heteroatoms. The number of piperidine rings is 1. The van der Waals surface area contributed by atoms with Gasteiger partial charge in [-0.05, 0) is 34.1 Å². The van der Waals surface area contributed by atoms with Gasteiger partial charge in [0.15, 0.2) is 0 Å². The number of quaternary nitrogens is 1. The van der Waals surface area contributed by atoms with Crippen LogP contribution in [0, 0.1) is 0 Å². The zero-order valence-electron chi connectivity index (χ0n) is 11.7. The second kappa shape index (κ2) is 4.79. The third-order valence-corrected chi connectivity index (χ3v) is 4.60. The summed E-state index contributed by atoms with van der Waals surface area (Å²) in [4.78, 5) is 0. The van der Waals surface area contributed by atoms with Crippen molar-refractivity contribution >= 4 is 7.25 Å². The number of hydrogen-bond donors (Lipinski definition) is 0. The second-order valence-electron chi connectivity index (χ2n) is 6.43. The molecule has 1 fully saturated rings. The van der Waals surface area contributed by atoms with Crippen LogP contribution in [0.3, 0.4) is 0 Å². The molecular weight excluding hydrogens is 233 g/mol. The fraction of sp³-hybridized carbons (Fsp3) is 1.00. The highest BCUT2D eigenvalue weighted by Gasteiger charge is 2.50. The van der Waals surface area contributed by atoms with E-state index in [9.17, 15) is 17.3 Å². The summed E-state index contributed by atoms with van der Waals surface area (Å²) in [6, 6.07) is 0. The van der Waals surface area contributed by atoms with Gasteiger partial charge < -0.3 is 21.7 Å². The van der Waals surface area contributed by atoms with Crippen molar-refractivity contribution in [1.82, 2.24) is 0 Å². The average molecular weight is 257 g/mol. The third-order valence-electron chi connectivity index (χ3n) is 4.60. The van der Waals surface area contributed by atoms with Crippen LogP contribution in [0.4, 0.5) is 17.3 Å². The monoisotopic (exact) mass is 257 g/mol. The predicted octanol–water partition coefficient (Wildman–Crippen LogP) is 4.10. The lowest BCUT2D eigenvalue weighted by molar-refractivity contribution is -0.987. The summed E-state index contributed by atoms with van der Waals surface area (Å²) in [5.41, 5.74) is 0.892. The lowest BCUT2D eigenvalue weighted by Crippen LogP contribution is -2.68. The Kier molecular flexibility index (Phi) is 4.71. The van der Waals surface area contributed by atoms with Gasteiger partial charge in [-0.25, -0.2) is 0 Å². The number of halogens is 4. The number of likely N-dealkylation sites (tertiary alicyclic amines) is 1. The molecule has 0 atom stereocenters. The van der Waals surface area contributed by atoms with Crippen LogP contribution in [0.5, 0.6) is 0 Å². The van der Waals surface area contributed by atoms with Crippen molar-refractivity contribution in [2.45, 2.75) is 58.0 Å². The van der Waals surface area contributed by atoms with Crippen LogP contribution in [0.1, 0.15) is 47.0 Å². The molecule has 0 aliphatic carbocycles. The van der Waals surface area contributed by atoms with Crippen LogP contribution in [-0.2, 0) is 0 Å². The highest BCUT2D eigenvalue weighted by molar-refractivity contribution is 6.50. The van der Waals surface area contributed by atoms with Crippen molar-refractivity contribution in [2.75, 3.05) is 14.1 Å². The molecule has 1 rings (SSSR count). The molecular formula is C11H24BF4N. The van der Waals surface area contributed by atoms with Crippen LogP contribution in [0.25, 0.3) is 0 Å². The normalized spacial score (nSPS) is 25.8. The first-order chi connectivity index (χ1) is 7.21. The molecule has 0 N–H and O–H groups in total. The van der Waals surface area contributed by atoms with Crippen molar-refractivity contribution in [3.8, 4) is 0 Å². The van der Waals surface area contributed by atoms with Crippen LogP contribution in [0.15, 0.2) is 0 Å². The SMILES string of the molecule is CC1(C)CCCC(C)(C)[N+]1(C)C.F[B-](F)(F)F. The Hall–Kier alpha value is -0.255. The Morgan fingerprint density at radius 3 is 1.24 bits per heavy atom. The Labute approximate surface area is 102 Å². The molecule has 0 radical (unpaired) electrons. The lowest BCUT2D eigenvalue weighted by Gasteiger charge is -2.58. The number of hydrogen-bond acceptors (Lipinski definition) is 0. The van der Waals surface area contributed by atoms with E-state index in [1.807, 2.05) is 0 Å². The Morgan fingerprint density at radius 2 is 1.06 bits per heavy atom. The summed E-state index contributed by atoms with van der Waals surface area (Å²) in [7, 11) is -1.25. The standard InChI is InChI=1S/C11H24N.BF4/c1-10(2)8-7-9-11(3,4)12(10,5)6;2-1(3,4)5/h7-9H2,1-6H3;/q+1;-1. The summed E-state index contributed by atoms with van der Waals surface area (Å²) in [5.74, 6) is 0. The maximum Gasteiger partial charge on any atom is 0.673 e. The van der Waals surface area contributed by atoms with E-state index in [-0.39, 0.29) is 0 Å². The van der Waals surface area contributed by atoms with Crippen LogP contribution in [0.2, 0.25) is 0 Å². The molecule has 0 bridgehead atoms. The van der Waals surface area contributed by atoms with Crippen molar-refractivity contribution in [2.24, 2.45) is 0 Å². The van der Waals surface area contributed by atoms with Crippen molar-refractivity contribution in [3.05, 3.63) is 0 Å². The maximum atomic E-state index is 9.75. The van der Waals surface area contributed by atoms with Gasteiger partial charge in [0.25, 0.3) is 0 Å². The van der Waals surface area contributed by atoms with E-state index >= 15 is 0 Å². The molecule has 1 nitrogen and oxygen atoms in total. The Morgan fingerprint density at radius 1 is 0.824 bits per heavy atom. The van der Waals surface area contributed by atoms with E-state index in [0.717, 1.165) is 4.48 Å². The first kappa shape index (κ1) is 16.7. The summed E-state index contributed by atoms with van der Waals surface area (Å²) < 4.78 is 40.2. The quantitative estimate of drug-likeness (QED) is 0.348. The summed E-state index contributed by atoms with van der Waals surface area (Å²) in [6.45, 7) is 9.59. The van der Waals surface area contributed by atoms with Crippen molar-refractivity contribution in [3.63, 3.8) is 0 Å². The molecule has 0 aromatic carbocycles. The highest BCUT2D eigenvalue weighted by Crippen LogP contribution is 2.42. The summed E-state index contributed by atoms with van der Waals surface area (Å²) in [5, 5.41) is 0. The molecule has 0 aromatic heterocycles. The largest absolute Gasteiger partial charge is 0.673 e. The fourth-order valence-corrected chi connectivity index (χ4v) is 2.33. The minimum absolute atomic E-state index is 0.446. The van der Waals surface area contributed by atoms with Crippen LogP contribution in [-0.4, -0.2) is 36.9 Å². The maximum absolute atomic E-state index is 9.75. The minimum Gasteiger partial charge on any atom is -0.418 e. The van der Waals surface area contributed by atoms with Gasteiger partial charge in [0, 0.05) is 12.8 Å². The zero-order valence-corrected chi connectivity index (χ0v) is 11.7. The van der Waals surface area contributed by atoms with Crippen LogP contribution >= 0.6 is 0 Å². The molecule has 1 aliphatic rings. The van der Waals surface area contributed by atoms with E-state index in [2.05, 4.69) is 41.8 Å². The molecule has 0 spiro atoms. The average Bonchev–Trinajstić information content (AvgIpc) is 1.96. The smallest absolute Gasteiger partial charge is 0.418 e. The molecule has 104 valence electrons. The Bertz CT molecular complexity index is 235. The molecule has 1 saturated heterocycles. The van der Waals surface area contributed by atoms with Gasteiger partial charge in [-0.2, -0.15) is 0 Å².